The monoisotopic (exact) mass is 234 g/mol. The molecule has 17 heavy (non-hydrogen) atoms. The van der Waals surface area contributed by atoms with Crippen molar-refractivity contribution in [2.24, 2.45) is 0 Å². The Morgan fingerprint density at radius 1 is 1.18 bits per heavy atom. The maximum absolute atomic E-state index is 5.54. The highest BCUT2D eigenvalue weighted by atomic mass is 16.5. The van der Waals surface area contributed by atoms with Crippen LogP contribution in [0.2, 0.25) is 0 Å². The maximum Gasteiger partial charge on any atom is 0.0718 e. The van der Waals surface area contributed by atoms with Crippen molar-refractivity contribution in [1.82, 2.24) is 0 Å². The van der Waals surface area contributed by atoms with E-state index in [9.17, 15) is 0 Å². The summed E-state index contributed by atoms with van der Waals surface area (Å²) in [6.45, 7) is 8.72. The molecule has 0 heterocycles. The SMILES string of the molecule is C=Cc1cccc(COCCOCCCC)c1. The largest absolute Gasteiger partial charge is 0.379 e. The van der Waals surface area contributed by atoms with Crippen LogP contribution in [-0.4, -0.2) is 19.8 Å². The van der Waals surface area contributed by atoms with Crippen LogP contribution in [0.25, 0.3) is 6.08 Å². The van der Waals surface area contributed by atoms with Crippen molar-refractivity contribution in [1.29, 1.82) is 0 Å². The standard InChI is InChI=1S/C15H22O2/c1-3-5-9-16-10-11-17-13-15-8-6-7-14(4-2)12-15/h4,6-8,12H,2-3,5,9-11,13H2,1H3. The Hall–Kier alpha value is -1.12. The van der Waals surface area contributed by atoms with Crippen LogP contribution in [0.1, 0.15) is 30.9 Å². The van der Waals surface area contributed by atoms with E-state index in [-0.39, 0.29) is 0 Å². The molecule has 0 fully saturated rings. The van der Waals surface area contributed by atoms with Gasteiger partial charge in [0.2, 0.25) is 0 Å². The van der Waals surface area contributed by atoms with Crippen LogP contribution in [-0.2, 0) is 16.1 Å². The van der Waals surface area contributed by atoms with Crippen molar-refractivity contribution in [3.8, 4) is 0 Å². The van der Waals surface area contributed by atoms with E-state index < -0.39 is 0 Å². The highest BCUT2D eigenvalue weighted by Gasteiger charge is 1.94. The van der Waals surface area contributed by atoms with Crippen molar-refractivity contribution in [2.45, 2.75) is 26.4 Å². The van der Waals surface area contributed by atoms with Gasteiger partial charge in [0, 0.05) is 6.61 Å². The van der Waals surface area contributed by atoms with Gasteiger partial charge in [-0.15, -0.1) is 0 Å². The summed E-state index contributed by atoms with van der Waals surface area (Å²) in [4.78, 5) is 0. The van der Waals surface area contributed by atoms with Crippen LogP contribution in [0.5, 0.6) is 0 Å². The van der Waals surface area contributed by atoms with E-state index >= 15 is 0 Å². The van der Waals surface area contributed by atoms with Crippen molar-refractivity contribution < 1.29 is 9.47 Å². The van der Waals surface area contributed by atoms with Crippen LogP contribution in [0.15, 0.2) is 30.8 Å². The number of rotatable bonds is 9. The molecule has 0 saturated carbocycles. The Balaban J connectivity index is 2.11. The van der Waals surface area contributed by atoms with Gasteiger partial charge in [0.25, 0.3) is 0 Å². The van der Waals surface area contributed by atoms with Crippen molar-refractivity contribution in [3.63, 3.8) is 0 Å². The first-order valence-electron chi connectivity index (χ1n) is 6.23. The highest BCUT2D eigenvalue weighted by Crippen LogP contribution is 2.07. The fourth-order valence-corrected chi connectivity index (χ4v) is 1.47. The molecule has 1 aromatic rings. The van der Waals surface area contributed by atoms with Gasteiger partial charge < -0.3 is 9.47 Å². The van der Waals surface area contributed by atoms with Gasteiger partial charge >= 0.3 is 0 Å². The third-order valence-corrected chi connectivity index (χ3v) is 2.47. The van der Waals surface area contributed by atoms with Crippen molar-refractivity contribution in [2.75, 3.05) is 19.8 Å². The van der Waals surface area contributed by atoms with Crippen LogP contribution in [0, 0.1) is 0 Å². The van der Waals surface area contributed by atoms with Crippen molar-refractivity contribution in [3.05, 3.63) is 42.0 Å². The van der Waals surface area contributed by atoms with Gasteiger partial charge in [-0.2, -0.15) is 0 Å². The average Bonchev–Trinajstić information content (AvgIpc) is 2.38. The molecule has 0 aliphatic carbocycles. The number of unbranched alkanes of at least 4 members (excludes halogenated alkanes) is 1. The highest BCUT2D eigenvalue weighted by molar-refractivity contribution is 5.47. The zero-order valence-electron chi connectivity index (χ0n) is 10.7. The van der Waals surface area contributed by atoms with Gasteiger partial charge in [-0.05, 0) is 23.6 Å². The molecule has 2 nitrogen and oxygen atoms in total. The summed E-state index contributed by atoms with van der Waals surface area (Å²) < 4.78 is 11.0. The predicted octanol–water partition coefficient (Wildman–Crippen LogP) is 3.66. The van der Waals surface area contributed by atoms with Gasteiger partial charge in [-0.3, -0.25) is 0 Å². The lowest BCUT2D eigenvalue weighted by Gasteiger charge is -2.06. The second kappa shape index (κ2) is 8.97. The van der Waals surface area contributed by atoms with E-state index in [0.717, 1.165) is 18.6 Å². The predicted molar refractivity (Wildman–Crippen MR) is 71.9 cm³/mol. The number of hydrogen-bond acceptors (Lipinski definition) is 2. The molecule has 0 N–H and O–H groups in total. The summed E-state index contributed by atoms with van der Waals surface area (Å²) in [5, 5.41) is 0. The molecule has 0 unspecified atom stereocenters. The van der Waals surface area contributed by atoms with Crippen LogP contribution >= 0.6 is 0 Å². The summed E-state index contributed by atoms with van der Waals surface area (Å²) in [6.07, 6.45) is 4.15. The zero-order valence-corrected chi connectivity index (χ0v) is 10.7. The third kappa shape index (κ3) is 6.25. The maximum atomic E-state index is 5.54. The lowest BCUT2D eigenvalue weighted by Crippen LogP contribution is -2.05. The van der Waals surface area contributed by atoms with Gasteiger partial charge in [-0.25, -0.2) is 0 Å². The summed E-state index contributed by atoms with van der Waals surface area (Å²) in [5.74, 6) is 0. The average molecular weight is 234 g/mol. The van der Waals surface area contributed by atoms with Gasteiger partial charge in [0.1, 0.15) is 0 Å². The molecular weight excluding hydrogens is 212 g/mol. The Morgan fingerprint density at radius 2 is 2.00 bits per heavy atom. The quantitative estimate of drug-likeness (QED) is 0.607. The number of hydrogen-bond donors (Lipinski definition) is 0. The minimum Gasteiger partial charge on any atom is -0.379 e. The molecule has 0 aliphatic rings. The van der Waals surface area contributed by atoms with Gasteiger partial charge in [0.05, 0.1) is 19.8 Å². The summed E-state index contributed by atoms with van der Waals surface area (Å²) >= 11 is 0. The van der Waals surface area contributed by atoms with Crippen molar-refractivity contribution >= 4 is 6.08 Å². The van der Waals surface area contributed by atoms with E-state index in [4.69, 9.17) is 9.47 Å². The summed E-state index contributed by atoms with van der Waals surface area (Å²) in [5.41, 5.74) is 2.31. The molecule has 1 rings (SSSR count). The molecule has 94 valence electrons. The molecule has 1 aromatic carbocycles. The first-order chi connectivity index (χ1) is 8.36. The van der Waals surface area contributed by atoms with E-state index in [1.54, 1.807) is 0 Å². The first-order valence-corrected chi connectivity index (χ1v) is 6.23. The molecule has 0 aromatic heterocycles. The smallest absolute Gasteiger partial charge is 0.0718 e. The Kier molecular flexibility index (Phi) is 7.35. The van der Waals surface area contributed by atoms with E-state index in [2.05, 4.69) is 25.6 Å². The molecule has 0 saturated heterocycles. The Labute approximate surface area is 104 Å². The minimum atomic E-state index is 0.638. The molecule has 0 atom stereocenters. The lowest BCUT2D eigenvalue weighted by atomic mass is 10.1. The third-order valence-electron chi connectivity index (χ3n) is 2.47. The second-order valence-electron chi connectivity index (χ2n) is 3.97. The number of ether oxygens (including phenoxy) is 2. The Morgan fingerprint density at radius 3 is 2.76 bits per heavy atom. The molecule has 0 radical (unpaired) electrons. The Bertz CT molecular complexity index is 320. The fraction of sp³-hybridized carbons (Fsp3) is 0.467. The summed E-state index contributed by atoms with van der Waals surface area (Å²) in [7, 11) is 0. The molecule has 0 aliphatic heterocycles. The van der Waals surface area contributed by atoms with Crippen LogP contribution in [0.4, 0.5) is 0 Å². The van der Waals surface area contributed by atoms with Gasteiger partial charge in [0.15, 0.2) is 0 Å². The van der Waals surface area contributed by atoms with Crippen LogP contribution < -0.4 is 0 Å². The normalized spacial score (nSPS) is 10.4. The molecule has 0 bridgehead atoms. The number of benzene rings is 1. The molecule has 2 heteroatoms. The van der Waals surface area contributed by atoms with E-state index in [1.807, 2.05) is 18.2 Å². The zero-order chi connectivity index (χ0) is 12.3. The summed E-state index contributed by atoms with van der Waals surface area (Å²) in [6, 6.07) is 8.20. The van der Waals surface area contributed by atoms with E-state index in [0.29, 0.717) is 19.8 Å². The topological polar surface area (TPSA) is 18.5 Å². The fourth-order valence-electron chi connectivity index (χ4n) is 1.47. The lowest BCUT2D eigenvalue weighted by molar-refractivity contribution is 0.0397. The molecule has 0 spiro atoms. The minimum absolute atomic E-state index is 0.638. The molecule has 0 amide bonds. The molecular formula is C15H22O2. The van der Waals surface area contributed by atoms with Gasteiger partial charge in [-0.1, -0.05) is 44.2 Å². The van der Waals surface area contributed by atoms with Crippen LogP contribution in [0.3, 0.4) is 0 Å². The second-order valence-corrected chi connectivity index (χ2v) is 3.97. The first kappa shape index (κ1) is 13.9. The van der Waals surface area contributed by atoms with E-state index in [1.165, 1.54) is 12.0 Å².